The minimum Gasteiger partial charge on any atom is -0.383 e. The number of benzene rings is 1. The molecule has 1 atom stereocenters. The zero-order valence-corrected chi connectivity index (χ0v) is 13.2. The molecule has 0 saturated carbocycles. The van der Waals surface area contributed by atoms with Gasteiger partial charge in [0.1, 0.15) is 5.82 Å². The molecule has 0 amide bonds. The second-order valence-electron chi connectivity index (χ2n) is 6.55. The topological polar surface area (TPSA) is 21.3 Å². The highest BCUT2D eigenvalue weighted by Gasteiger charge is 2.17. The predicted molar refractivity (Wildman–Crippen MR) is 82.6 cm³/mol. The van der Waals surface area contributed by atoms with Crippen molar-refractivity contribution in [2.24, 2.45) is 5.41 Å². The number of hydrogen-bond acceptors (Lipinski definition) is 2. The normalized spacial score (nSPS) is 13.4. The highest BCUT2D eigenvalue weighted by atomic mass is 19.1. The Labute approximate surface area is 122 Å². The van der Waals surface area contributed by atoms with E-state index in [-0.39, 0.29) is 5.82 Å². The van der Waals surface area contributed by atoms with Crippen LogP contribution in [0.1, 0.15) is 45.1 Å². The summed E-state index contributed by atoms with van der Waals surface area (Å²) in [6, 6.07) is 6.98. The van der Waals surface area contributed by atoms with Crippen molar-refractivity contribution in [2.75, 3.05) is 26.8 Å². The van der Waals surface area contributed by atoms with Gasteiger partial charge in [-0.3, -0.25) is 0 Å². The van der Waals surface area contributed by atoms with Crippen LogP contribution in [0.15, 0.2) is 24.3 Å². The first kappa shape index (κ1) is 17.1. The van der Waals surface area contributed by atoms with Crippen molar-refractivity contribution in [3.63, 3.8) is 0 Å². The van der Waals surface area contributed by atoms with E-state index >= 15 is 0 Å². The summed E-state index contributed by atoms with van der Waals surface area (Å²) in [6.07, 6.45) is 2.19. The molecule has 1 N–H and O–H groups in total. The van der Waals surface area contributed by atoms with Crippen LogP contribution in [0.25, 0.3) is 0 Å². The van der Waals surface area contributed by atoms with Crippen LogP contribution >= 0.6 is 0 Å². The molecule has 0 aliphatic rings. The van der Waals surface area contributed by atoms with Gasteiger partial charge in [-0.2, -0.15) is 0 Å². The number of halogens is 1. The van der Waals surface area contributed by atoms with Crippen LogP contribution in [-0.2, 0) is 4.74 Å². The molecule has 1 unspecified atom stereocenters. The first-order chi connectivity index (χ1) is 9.42. The van der Waals surface area contributed by atoms with Gasteiger partial charge in [0.05, 0.1) is 6.61 Å². The first-order valence-corrected chi connectivity index (χ1v) is 7.37. The molecule has 0 bridgehead atoms. The van der Waals surface area contributed by atoms with E-state index in [0.717, 1.165) is 31.5 Å². The van der Waals surface area contributed by atoms with Crippen molar-refractivity contribution in [3.8, 4) is 0 Å². The minimum atomic E-state index is -0.153. The highest BCUT2D eigenvalue weighted by molar-refractivity contribution is 5.21. The van der Waals surface area contributed by atoms with Crippen molar-refractivity contribution < 1.29 is 9.13 Å². The maximum Gasteiger partial charge on any atom is 0.123 e. The third-order valence-electron chi connectivity index (χ3n) is 3.44. The Morgan fingerprint density at radius 1 is 1.30 bits per heavy atom. The molecule has 20 heavy (non-hydrogen) atoms. The lowest BCUT2D eigenvalue weighted by Gasteiger charge is -2.24. The van der Waals surface area contributed by atoms with Crippen molar-refractivity contribution in [3.05, 3.63) is 35.6 Å². The summed E-state index contributed by atoms with van der Waals surface area (Å²) in [5.41, 5.74) is 1.39. The quantitative estimate of drug-likeness (QED) is 0.728. The molecule has 0 aliphatic heterocycles. The monoisotopic (exact) mass is 281 g/mol. The van der Waals surface area contributed by atoms with Crippen LogP contribution in [0, 0.1) is 11.2 Å². The maximum absolute atomic E-state index is 13.4. The van der Waals surface area contributed by atoms with Gasteiger partial charge in [-0.1, -0.05) is 32.9 Å². The summed E-state index contributed by atoms with van der Waals surface area (Å²) >= 11 is 0. The molecular weight excluding hydrogens is 253 g/mol. The maximum atomic E-state index is 13.4. The molecule has 1 rings (SSSR count). The van der Waals surface area contributed by atoms with E-state index in [0.29, 0.717) is 17.9 Å². The number of ether oxygens (including phenoxy) is 1. The molecule has 0 saturated heterocycles. The SMILES string of the molecule is COCCNCC(CCC(C)(C)C)c1cccc(F)c1. The van der Waals surface area contributed by atoms with E-state index < -0.39 is 0 Å². The van der Waals surface area contributed by atoms with Crippen LogP contribution in [0.5, 0.6) is 0 Å². The van der Waals surface area contributed by atoms with Gasteiger partial charge in [-0.15, -0.1) is 0 Å². The highest BCUT2D eigenvalue weighted by Crippen LogP contribution is 2.28. The number of hydrogen-bond donors (Lipinski definition) is 1. The van der Waals surface area contributed by atoms with Crippen LogP contribution in [0.2, 0.25) is 0 Å². The van der Waals surface area contributed by atoms with E-state index in [2.05, 4.69) is 26.1 Å². The summed E-state index contributed by atoms with van der Waals surface area (Å²) in [6.45, 7) is 9.13. The number of rotatable bonds is 8. The van der Waals surface area contributed by atoms with Crippen molar-refractivity contribution in [2.45, 2.75) is 39.5 Å². The van der Waals surface area contributed by atoms with Crippen LogP contribution in [0.4, 0.5) is 4.39 Å². The van der Waals surface area contributed by atoms with Gasteiger partial charge in [0.15, 0.2) is 0 Å². The average molecular weight is 281 g/mol. The average Bonchev–Trinajstić information content (AvgIpc) is 2.36. The molecule has 0 heterocycles. The Morgan fingerprint density at radius 3 is 2.65 bits per heavy atom. The second-order valence-corrected chi connectivity index (χ2v) is 6.55. The van der Waals surface area contributed by atoms with Gasteiger partial charge in [0.2, 0.25) is 0 Å². The molecular formula is C17H28FNO. The first-order valence-electron chi connectivity index (χ1n) is 7.37. The fourth-order valence-electron chi connectivity index (χ4n) is 2.20. The molecule has 0 radical (unpaired) electrons. The lowest BCUT2D eigenvalue weighted by molar-refractivity contribution is 0.198. The summed E-state index contributed by atoms with van der Waals surface area (Å²) in [7, 11) is 1.70. The third kappa shape index (κ3) is 7.01. The predicted octanol–water partition coefficient (Wildman–Crippen LogP) is 3.97. The molecule has 0 aliphatic carbocycles. The minimum absolute atomic E-state index is 0.153. The smallest absolute Gasteiger partial charge is 0.123 e. The Hall–Kier alpha value is -0.930. The van der Waals surface area contributed by atoms with Gasteiger partial charge in [-0.25, -0.2) is 4.39 Å². The van der Waals surface area contributed by atoms with E-state index in [4.69, 9.17) is 4.74 Å². The Bertz CT molecular complexity index is 387. The van der Waals surface area contributed by atoms with E-state index in [1.807, 2.05) is 6.07 Å². The standard InChI is InChI=1S/C17H28FNO/c1-17(2,3)9-8-15(13-19-10-11-20-4)14-6-5-7-16(18)12-14/h5-7,12,15,19H,8-11,13H2,1-4H3. The number of nitrogens with one attached hydrogen (secondary N) is 1. The molecule has 0 spiro atoms. The Morgan fingerprint density at radius 2 is 2.05 bits per heavy atom. The van der Waals surface area contributed by atoms with Crippen LogP contribution < -0.4 is 5.32 Å². The zero-order valence-electron chi connectivity index (χ0n) is 13.2. The van der Waals surface area contributed by atoms with Gasteiger partial charge < -0.3 is 10.1 Å². The number of methoxy groups -OCH3 is 1. The lowest BCUT2D eigenvalue weighted by Crippen LogP contribution is -2.26. The lowest BCUT2D eigenvalue weighted by atomic mass is 9.84. The summed E-state index contributed by atoms with van der Waals surface area (Å²) in [5, 5.41) is 3.39. The van der Waals surface area contributed by atoms with Crippen LogP contribution in [-0.4, -0.2) is 26.8 Å². The molecule has 0 aromatic heterocycles. The van der Waals surface area contributed by atoms with Crippen molar-refractivity contribution in [1.82, 2.24) is 5.32 Å². The summed E-state index contributed by atoms with van der Waals surface area (Å²) in [4.78, 5) is 0. The fraction of sp³-hybridized carbons (Fsp3) is 0.647. The molecule has 0 fully saturated rings. The van der Waals surface area contributed by atoms with Gasteiger partial charge in [0, 0.05) is 20.2 Å². The van der Waals surface area contributed by atoms with E-state index in [1.165, 1.54) is 6.07 Å². The summed E-state index contributed by atoms with van der Waals surface area (Å²) in [5.74, 6) is 0.196. The van der Waals surface area contributed by atoms with E-state index in [1.54, 1.807) is 19.2 Å². The molecule has 1 aromatic carbocycles. The Balaban J connectivity index is 2.63. The second kappa shape index (κ2) is 8.38. The van der Waals surface area contributed by atoms with Gasteiger partial charge in [-0.05, 0) is 41.9 Å². The fourth-order valence-corrected chi connectivity index (χ4v) is 2.20. The third-order valence-corrected chi connectivity index (χ3v) is 3.44. The molecule has 3 heteroatoms. The largest absolute Gasteiger partial charge is 0.383 e. The molecule has 114 valence electrons. The van der Waals surface area contributed by atoms with Crippen molar-refractivity contribution >= 4 is 0 Å². The molecule has 2 nitrogen and oxygen atoms in total. The Kier molecular flexibility index (Phi) is 7.17. The van der Waals surface area contributed by atoms with Gasteiger partial charge >= 0.3 is 0 Å². The molecule has 1 aromatic rings. The van der Waals surface area contributed by atoms with E-state index in [9.17, 15) is 4.39 Å². The van der Waals surface area contributed by atoms with Crippen LogP contribution in [0.3, 0.4) is 0 Å². The van der Waals surface area contributed by atoms with Gasteiger partial charge in [0.25, 0.3) is 0 Å². The van der Waals surface area contributed by atoms with Crippen molar-refractivity contribution in [1.29, 1.82) is 0 Å². The zero-order chi connectivity index (χ0) is 15.0. The summed E-state index contributed by atoms with van der Waals surface area (Å²) < 4.78 is 18.4.